The number of benzene rings is 1. The average molecular weight is 272 g/mol. The standard InChI is InChI=1S/C13H15F3N2O/c14-13(15,16)12-7-11(17-9-19)4-3-10(12)8-18-5-1-2-6-18/h3-4,7,9H,1-2,5-6,8H2,(H,17,19). The molecular formula is C13H15F3N2O. The molecule has 1 amide bonds. The van der Waals surface area contributed by atoms with Gasteiger partial charge in [0, 0.05) is 12.2 Å². The van der Waals surface area contributed by atoms with E-state index in [-0.39, 0.29) is 11.3 Å². The molecule has 1 aromatic rings. The molecule has 1 N–H and O–H groups in total. The molecule has 6 heteroatoms. The van der Waals surface area contributed by atoms with Gasteiger partial charge in [-0.05, 0) is 43.6 Å². The van der Waals surface area contributed by atoms with Crippen LogP contribution in [0.3, 0.4) is 0 Å². The largest absolute Gasteiger partial charge is 0.416 e. The molecule has 3 nitrogen and oxygen atoms in total. The van der Waals surface area contributed by atoms with Crippen LogP contribution in [0.5, 0.6) is 0 Å². The minimum absolute atomic E-state index is 0.160. The monoisotopic (exact) mass is 272 g/mol. The Morgan fingerprint density at radius 1 is 1.26 bits per heavy atom. The number of carbonyl (C=O) groups excluding carboxylic acids is 1. The van der Waals surface area contributed by atoms with Crippen LogP contribution >= 0.6 is 0 Å². The van der Waals surface area contributed by atoms with Crippen LogP contribution in [0.15, 0.2) is 18.2 Å². The summed E-state index contributed by atoms with van der Waals surface area (Å²) in [5.74, 6) is 0. The molecule has 2 rings (SSSR count). The zero-order valence-corrected chi connectivity index (χ0v) is 10.3. The topological polar surface area (TPSA) is 32.3 Å². The molecule has 1 heterocycles. The molecule has 0 radical (unpaired) electrons. The van der Waals surface area contributed by atoms with Gasteiger partial charge >= 0.3 is 6.18 Å². The molecule has 0 aromatic heterocycles. The van der Waals surface area contributed by atoms with Gasteiger partial charge in [-0.1, -0.05) is 6.07 Å². The maximum absolute atomic E-state index is 13.0. The smallest absolute Gasteiger partial charge is 0.329 e. The van der Waals surface area contributed by atoms with Crippen molar-refractivity contribution in [2.75, 3.05) is 18.4 Å². The van der Waals surface area contributed by atoms with E-state index in [4.69, 9.17) is 0 Å². The lowest BCUT2D eigenvalue weighted by Crippen LogP contribution is -2.21. The molecule has 1 aromatic carbocycles. The highest BCUT2D eigenvalue weighted by atomic mass is 19.4. The quantitative estimate of drug-likeness (QED) is 0.855. The fourth-order valence-corrected chi connectivity index (χ4v) is 2.32. The third kappa shape index (κ3) is 3.47. The van der Waals surface area contributed by atoms with Crippen LogP contribution in [0, 0.1) is 0 Å². The Morgan fingerprint density at radius 3 is 2.53 bits per heavy atom. The van der Waals surface area contributed by atoms with Gasteiger partial charge < -0.3 is 5.32 Å². The van der Waals surface area contributed by atoms with Crippen molar-refractivity contribution in [3.8, 4) is 0 Å². The van der Waals surface area contributed by atoms with E-state index in [0.29, 0.717) is 13.0 Å². The summed E-state index contributed by atoms with van der Waals surface area (Å²) in [5.41, 5.74) is -0.260. The zero-order chi connectivity index (χ0) is 13.9. The molecule has 0 bridgehead atoms. The van der Waals surface area contributed by atoms with Gasteiger partial charge in [-0.15, -0.1) is 0 Å². The highest BCUT2D eigenvalue weighted by Crippen LogP contribution is 2.34. The van der Waals surface area contributed by atoms with Crippen LogP contribution in [0.1, 0.15) is 24.0 Å². The van der Waals surface area contributed by atoms with E-state index < -0.39 is 11.7 Å². The Morgan fingerprint density at radius 2 is 1.95 bits per heavy atom. The van der Waals surface area contributed by atoms with Crippen LogP contribution in [-0.4, -0.2) is 24.4 Å². The van der Waals surface area contributed by atoms with E-state index in [0.717, 1.165) is 32.0 Å². The van der Waals surface area contributed by atoms with E-state index in [1.54, 1.807) is 0 Å². The van der Waals surface area contributed by atoms with Crippen LogP contribution in [0.4, 0.5) is 18.9 Å². The minimum Gasteiger partial charge on any atom is -0.329 e. The summed E-state index contributed by atoms with van der Waals surface area (Å²) in [6, 6.07) is 3.92. The molecule has 0 saturated carbocycles. The number of alkyl halides is 3. The lowest BCUT2D eigenvalue weighted by molar-refractivity contribution is -0.138. The summed E-state index contributed by atoms with van der Waals surface area (Å²) >= 11 is 0. The summed E-state index contributed by atoms with van der Waals surface area (Å²) in [6.07, 6.45) is -1.97. The van der Waals surface area contributed by atoms with Gasteiger partial charge in [0.15, 0.2) is 0 Å². The Balaban J connectivity index is 2.27. The fraction of sp³-hybridized carbons (Fsp3) is 0.462. The van der Waals surface area contributed by atoms with Crippen LogP contribution < -0.4 is 5.32 Å². The highest BCUT2D eigenvalue weighted by molar-refractivity contribution is 5.71. The third-order valence-corrected chi connectivity index (χ3v) is 3.23. The maximum atomic E-state index is 13.0. The first kappa shape index (κ1) is 13.9. The van der Waals surface area contributed by atoms with Gasteiger partial charge in [0.25, 0.3) is 0 Å². The molecule has 0 spiro atoms. The Hall–Kier alpha value is -1.56. The average Bonchev–Trinajstić information content (AvgIpc) is 2.83. The molecule has 1 aliphatic rings. The van der Waals surface area contributed by atoms with E-state index in [1.807, 2.05) is 4.90 Å². The number of carbonyl (C=O) groups is 1. The fourth-order valence-electron chi connectivity index (χ4n) is 2.32. The predicted molar refractivity (Wildman–Crippen MR) is 65.6 cm³/mol. The van der Waals surface area contributed by atoms with E-state index in [9.17, 15) is 18.0 Å². The summed E-state index contributed by atoms with van der Waals surface area (Å²) in [6.45, 7) is 1.98. The van der Waals surface area contributed by atoms with Crippen LogP contribution in [0.25, 0.3) is 0 Å². The number of nitrogens with zero attached hydrogens (tertiary/aromatic N) is 1. The molecule has 0 aliphatic carbocycles. The Bertz CT molecular complexity index is 454. The van der Waals surface area contributed by atoms with Gasteiger partial charge in [0.2, 0.25) is 6.41 Å². The summed E-state index contributed by atoms with van der Waals surface area (Å²) in [7, 11) is 0. The zero-order valence-electron chi connectivity index (χ0n) is 10.3. The number of amides is 1. The number of nitrogens with one attached hydrogen (secondary N) is 1. The highest BCUT2D eigenvalue weighted by Gasteiger charge is 2.34. The normalized spacial score (nSPS) is 16.6. The predicted octanol–water partition coefficient (Wildman–Crippen LogP) is 2.87. The molecule has 19 heavy (non-hydrogen) atoms. The van der Waals surface area contributed by atoms with E-state index in [1.165, 1.54) is 12.1 Å². The maximum Gasteiger partial charge on any atom is 0.416 e. The number of likely N-dealkylation sites (tertiary alicyclic amines) is 1. The lowest BCUT2D eigenvalue weighted by atomic mass is 10.1. The van der Waals surface area contributed by atoms with Crippen LogP contribution in [0.2, 0.25) is 0 Å². The second-order valence-electron chi connectivity index (χ2n) is 4.62. The van der Waals surface area contributed by atoms with Crippen molar-refractivity contribution < 1.29 is 18.0 Å². The number of hydrogen-bond donors (Lipinski definition) is 1. The molecule has 1 aliphatic heterocycles. The van der Waals surface area contributed by atoms with Gasteiger partial charge in [-0.3, -0.25) is 9.69 Å². The summed E-state index contributed by atoms with van der Waals surface area (Å²) in [4.78, 5) is 12.3. The second kappa shape index (κ2) is 5.61. The Kier molecular flexibility index (Phi) is 4.09. The van der Waals surface area contributed by atoms with Gasteiger partial charge in [0.1, 0.15) is 0 Å². The molecule has 0 atom stereocenters. The van der Waals surface area contributed by atoms with Crippen molar-refractivity contribution in [2.24, 2.45) is 0 Å². The molecule has 104 valence electrons. The number of hydrogen-bond acceptors (Lipinski definition) is 2. The number of rotatable bonds is 4. The van der Waals surface area contributed by atoms with Crippen molar-refractivity contribution in [1.82, 2.24) is 4.90 Å². The SMILES string of the molecule is O=CNc1ccc(CN2CCCC2)c(C(F)(F)F)c1. The minimum atomic E-state index is -4.41. The first-order valence-electron chi connectivity index (χ1n) is 6.13. The van der Waals surface area contributed by atoms with Gasteiger partial charge in [-0.25, -0.2) is 0 Å². The molecule has 0 unspecified atom stereocenters. The number of halogens is 3. The van der Waals surface area contributed by atoms with E-state index >= 15 is 0 Å². The molecule has 1 fully saturated rings. The number of anilines is 1. The van der Waals surface area contributed by atoms with Crippen LogP contribution in [-0.2, 0) is 17.5 Å². The van der Waals surface area contributed by atoms with Crippen molar-refractivity contribution in [3.63, 3.8) is 0 Å². The first-order valence-corrected chi connectivity index (χ1v) is 6.13. The first-order chi connectivity index (χ1) is 9.00. The van der Waals surface area contributed by atoms with Gasteiger partial charge in [-0.2, -0.15) is 13.2 Å². The third-order valence-electron chi connectivity index (χ3n) is 3.23. The van der Waals surface area contributed by atoms with Crippen molar-refractivity contribution in [1.29, 1.82) is 0 Å². The summed E-state index contributed by atoms with van der Waals surface area (Å²) < 4.78 is 39.0. The summed E-state index contributed by atoms with van der Waals surface area (Å²) in [5, 5.41) is 2.25. The molecule has 1 saturated heterocycles. The van der Waals surface area contributed by atoms with Crippen molar-refractivity contribution in [3.05, 3.63) is 29.3 Å². The van der Waals surface area contributed by atoms with Crippen molar-refractivity contribution >= 4 is 12.1 Å². The lowest BCUT2D eigenvalue weighted by Gasteiger charge is -2.19. The van der Waals surface area contributed by atoms with E-state index in [2.05, 4.69) is 5.32 Å². The second-order valence-corrected chi connectivity index (χ2v) is 4.62. The van der Waals surface area contributed by atoms with Crippen molar-refractivity contribution in [2.45, 2.75) is 25.6 Å². The molecular weight excluding hydrogens is 257 g/mol. The van der Waals surface area contributed by atoms with Gasteiger partial charge in [0.05, 0.1) is 5.56 Å². The Labute approximate surface area is 109 Å².